The lowest BCUT2D eigenvalue weighted by atomic mass is 10.1. The summed E-state index contributed by atoms with van der Waals surface area (Å²) in [6.07, 6.45) is -3.37. The highest BCUT2D eigenvalue weighted by Gasteiger charge is 2.35. The smallest absolute Gasteiger partial charge is 0.335 e. The molecule has 0 aliphatic carbocycles. The number of carbonyl (C=O) groups excluding carboxylic acids is 1. The molecule has 8 heteroatoms. The summed E-state index contributed by atoms with van der Waals surface area (Å²) in [5, 5.41) is 0. The number of alkyl halides is 3. The molecule has 0 bridgehead atoms. The van der Waals surface area contributed by atoms with Crippen LogP contribution in [0.15, 0.2) is 25.3 Å². The first-order valence-corrected chi connectivity index (χ1v) is 7.69. The molecular formula is C11H8Br2F3NOS. The van der Waals surface area contributed by atoms with Gasteiger partial charge in [0.25, 0.3) is 5.91 Å². The molecule has 1 aliphatic rings. The van der Waals surface area contributed by atoms with Gasteiger partial charge in [-0.2, -0.15) is 13.2 Å². The molecule has 0 atom stereocenters. The predicted octanol–water partition coefficient (Wildman–Crippen LogP) is 4.61. The molecule has 2 heterocycles. The van der Waals surface area contributed by atoms with Crippen molar-refractivity contribution < 1.29 is 18.0 Å². The number of amides is 1. The Morgan fingerprint density at radius 2 is 2.05 bits per heavy atom. The van der Waals surface area contributed by atoms with Crippen molar-refractivity contribution in [1.29, 1.82) is 0 Å². The molecule has 0 aromatic carbocycles. The second-order valence-corrected chi connectivity index (χ2v) is 7.72. The maximum atomic E-state index is 12.5. The zero-order chi connectivity index (χ0) is 14.2. The molecule has 1 amide bonds. The molecule has 0 unspecified atom stereocenters. The average Bonchev–Trinajstić information content (AvgIpc) is 2.66. The highest BCUT2D eigenvalue weighted by Crippen LogP contribution is 2.34. The van der Waals surface area contributed by atoms with E-state index in [4.69, 9.17) is 0 Å². The van der Waals surface area contributed by atoms with Crippen molar-refractivity contribution in [2.75, 3.05) is 13.1 Å². The Morgan fingerprint density at radius 1 is 1.37 bits per heavy atom. The molecule has 0 spiro atoms. The van der Waals surface area contributed by atoms with Crippen LogP contribution in [-0.2, 0) is 0 Å². The van der Waals surface area contributed by atoms with Crippen molar-refractivity contribution in [1.82, 2.24) is 4.90 Å². The van der Waals surface area contributed by atoms with E-state index >= 15 is 0 Å². The van der Waals surface area contributed by atoms with E-state index in [-0.39, 0.29) is 25.4 Å². The molecule has 1 aliphatic heterocycles. The topological polar surface area (TPSA) is 20.3 Å². The summed E-state index contributed by atoms with van der Waals surface area (Å²) in [7, 11) is 0. The average molecular weight is 419 g/mol. The zero-order valence-electron chi connectivity index (χ0n) is 9.43. The molecule has 104 valence electrons. The number of hydrogen-bond donors (Lipinski definition) is 0. The summed E-state index contributed by atoms with van der Waals surface area (Å²) in [6.45, 7) is 0.0810. The summed E-state index contributed by atoms with van der Waals surface area (Å²) in [5.74, 6) is -0.258. The molecule has 2 nitrogen and oxygen atoms in total. The molecular weight excluding hydrogens is 411 g/mol. The van der Waals surface area contributed by atoms with Crippen LogP contribution in [0.5, 0.6) is 0 Å². The van der Waals surface area contributed by atoms with E-state index in [1.165, 1.54) is 16.2 Å². The largest absolute Gasteiger partial charge is 0.412 e. The molecule has 2 rings (SSSR count). The Kier molecular flexibility index (Phi) is 4.42. The van der Waals surface area contributed by atoms with E-state index < -0.39 is 11.7 Å². The maximum Gasteiger partial charge on any atom is 0.412 e. The normalized spacial score (nSPS) is 16.5. The fourth-order valence-corrected chi connectivity index (χ4v) is 4.55. The van der Waals surface area contributed by atoms with Gasteiger partial charge in [-0.3, -0.25) is 4.79 Å². The van der Waals surface area contributed by atoms with E-state index in [9.17, 15) is 18.0 Å². The van der Waals surface area contributed by atoms with Gasteiger partial charge in [-0.05, 0) is 44.3 Å². The van der Waals surface area contributed by atoms with Crippen LogP contribution in [-0.4, -0.2) is 30.1 Å². The fourth-order valence-electron chi connectivity index (χ4n) is 1.77. The summed E-state index contributed by atoms with van der Waals surface area (Å²) in [6, 6.07) is 1.67. The van der Waals surface area contributed by atoms with Crippen LogP contribution >= 0.6 is 43.2 Å². The highest BCUT2D eigenvalue weighted by atomic mass is 79.9. The summed E-state index contributed by atoms with van der Waals surface area (Å²) in [4.78, 5) is 13.6. The van der Waals surface area contributed by atoms with Crippen LogP contribution in [0.4, 0.5) is 13.2 Å². The lowest BCUT2D eigenvalue weighted by Gasteiger charge is -2.27. The third-order valence-corrected chi connectivity index (χ3v) is 5.09. The van der Waals surface area contributed by atoms with Crippen molar-refractivity contribution >= 4 is 49.1 Å². The predicted molar refractivity (Wildman–Crippen MR) is 74.4 cm³/mol. The third kappa shape index (κ3) is 3.41. The van der Waals surface area contributed by atoms with Crippen molar-refractivity contribution in [3.63, 3.8) is 0 Å². The Morgan fingerprint density at radius 3 is 2.47 bits per heavy atom. The van der Waals surface area contributed by atoms with Crippen LogP contribution < -0.4 is 0 Å². The zero-order valence-corrected chi connectivity index (χ0v) is 13.4. The van der Waals surface area contributed by atoms with Crippen molar-refractivity contribution in [2.24, 2.45) is 0 Å². The number of rotatable bonds is 1. The van der Waals surface area contributed by atoms with E-state index in [1.807, 2.05) is 0 Å². The van der Waals surface area contributed by atoms with Gasteiger partial charge in [0, 0.05) is 18.7 Å². The van der Waals surface area contributed by atoms with Crippen molar-refractivity contribution in [3.8, 4) is 0 Å². The van der Waals surface area contributed by atoms with Gasteiger partial charge in [0.05, 0.1) is 13.1 Å². The monoisotopic (exact) mass is 417 g/mol. The van der Waals surface area contributed by atoms with Gasteiger partial charge >= 0.3 is 6.18 Å². The number of hydrogen-bond acceptors (Lipinski definition) is 2. The van der Waals surface area contributed by atoms with E-state index in [0.29, 0.717) is 9.35 Å². The standard InChI is InChI=1S/C11H8Br2F3NOS/c12-8-5-7(9(13)19-8)10(18)17-3-1-6(2-4-17)11(14,15)16/h1,5H,2-4H2. The molecule has 0 N–H and O–H groups in total. The Balaban J connectivity index is 2.12. The molecule has 1 aromatic rings. The van der Waals surface area contributed by atoms with E-state index in [2.05, 4.69) is 31.9 Å². The van der Waals surface area contributed by atoms with Gasteiger partial charge in [-0.15, -0.1) is 11.3 Å². The number of nitrogens with zero attached hydrogens (tertiary/aromatic N) is 1. The van der Waals surface area contributed by atoms with Gasteiger partial charge in [0.15, 0.2) is 0 Å². The van der Waals surface area contributed by atoms with Crippen LogP contribution in [0.1, 0.15) is 16.8 Å². The summed E-state index contributed by atoms with van der Waals surface area (Å²) < 4.78 is 38.9. The summed E-state index contributed by atoms with van der Waals surface area (Å²) >= 11 is 7.90. The maximum absolute atomic E-state index is 12.5. The Bertz CT molecular complexity index is 539. The lowest BCUT2D eigenvalue weighted by Crippen LogP contribution is -2.36. The lowest BCUT2D eigenvalue weighted by molar-refractivity contribution is -0.0957. The van der Waals surface area contributed by atoms with E-state index in [0.717, 1.165) is 9.86 Å². The quantitative estimate of drug-likeness (QED) is 0.610. The van der Waals surface area contributed by atoms with Gasteiger partial charge in [0.1, 0.15) is 0 Å². The van der Waals surface area contributed by atoms with Crippen LogP contribution in [0.3, 0.4) is 0 Å². The minimum atomic E-state index is -4.29. The molecule has 0 saturated heterocycles. The Labute approximate surface area is 128 Å². The molecule has 0 fully saturated rings. The number of carbonyl (C=O) groups is 1. The van der Waals surface area contributed by atoms with Gasteiger partial charge in [0.2, 0.25) is 0 Å². The van der Waals surface area contributed by atoms with Gasteiger partial charge < -0.3 is 4.90 Å². The molecule has 0 saturated carbocycles. The van der Waals surface area contributed by atoms with Crippen molar-refractivity contribution in [2.45, 2.75) is 12.6 Å². The van der Waals surface area contributed by atoms with Crippen LogP contribution in [0, 0.1) is 0 Å². The summed E-state index contributed by atoms with van der Waals surface area (Å²) in [5.41, 5.74) is -0.0807. The van der Waals surface area contributed by atoms with Crippen molar-refractivity contribution in [3.05, 3.63) is 30.9 Å². The van der Waals surface area contributed by atoms with E-state index in [1.54, 1.807) is 6.07 Å². The fraction of sp³-hybridized carbons (Fsp3) is 0.364. The van der Waals surface area contributed by atoms with Gasteiger partial charge in [-0.1, -0.05) is 6.08 Å². The molecule has 19 heavy (non-hydrogen) atoms. The first-order valence-electron chi connectivity index (χ1n) is 5.29. The highest BCUT2D eigenvalue weighted by molar-refractivity contribution is 9.12. The molecule has 0 radical (unpaired) electrons. The SMILES string of the molecule is O=C(c1cc(Br)sc1Br)N1CC=C(C(F)(F)F)CC1. The van der Waals surface area contributed by atoms with Crippen LogP contribution in [0.2, 0.25) is 0 Å². The minimum Gasteiger partial charge on any atom is -0.335 e. The first-order chi connectivity index (χ1) is 8.79. The number of halogens is 5. The minimum absolute atomic E-state index is 0.00637. The third-order valence-electron chi connectivity index (χ3n) is 2.75. The number of thiophene rings is 1. The first kappa shape index (κ1) is 15.1. The second-order valence-electron chi connectivity index (χ2n) is 3.97. The second kappa shape index (κ2) is 5.57. The van der Waals surface area contributed by atoms with Crippen LogP contribution in [0.25, 0.3) is 0 Å². The van der Waals surface area contributed by atoms with Gasteiger partial charge in [-0.25, -0.2) is 0 Å². The Hall–Kier alpha value is -0.340. The molecule has 1 aromatic heterocycles.